The fourth-order valence-corrected chi connectivity index (χ4v) is 2.23. The van der Waals surface area contributed by atoms with Crippen molar-refractivity contribution in [1.82, 2.24) is 10.2 Å². The predicted molar refractivity (Wildman–Crippen MR) is 92.7 cm³/mol. The molecule has 2 aromatic rings. The second kappa shape index (κ2) is 8.34. The van der Waals surface area contributed by atoms with E-state index < -0.39 is 0 Å². The van der Waals surface area contributed by atoms with Crippen LogP contribution in [0.4, 0.5) is 9.18 Å². The number of hydrogen-bond acceptors (Lipinski definition) is 2. The Balaban J connectivity index is 1.76. The number of ether oxygens (including phenoxy) is 1. The summed E-state index contributed by atoms with van der Waals surface area (Å²) in [5, 5.41) is 2.81. The van der Waals surface area contributed by atoms with Gasteiger partial charge in [0.05, 0.1) is 12.6 Å². The van der Waals surface area contributed by atoms with Crippen LogP contribution in [0.15, 0.2) is 48.5 Å². The highest BCUT2D eigenvalue weighted by atomic mass is 19.1. The molecule has 2 rings (SSSR count). The summed E-state index contributed by atoms with van der Waals surface area (Å²) in [6.45, 7) is 4.72. The van der Waals surface area contributed by atoms with E-state index in [9.17, 15) is 9.18 Å². The minimum absolute atomic E-state index is 0.149. The minimum atomic E-state index is -0.286. The molecule has 5 heteroatoms. The molecule has 0 aliphatic rings. The number of rotatable bonds is 6. The van der Waals surface area contributed by atoms with Gasteiger partial charge in [0.15, 0.2) is 0 Å². The van der Waals surface area contributed by atoms with E-state index in [4.69, 9.17) is 4.74 Å². The number of benzene rings is 2. The lowest BCUT2D eigenvalue weighted by molar-refractivity contribution is 0.191. The first-order chi connectivity index (χ1) is 11.5. The molecule has 0 spiro atoms. The highest BCUT2D eigenvalue weighted by molar-refractivity contribution is 5.74. The summed E-state index contributed by atoms with van der Waals surface area (Å²) >= 11 is 0. The first kappa shape index (κ1) is 17.8. The van der Waals surface area contributed by atoms with Crippen LogP contribution in [0.1, 0.15) is 24.1 Å². The van der Waals surface area contributed by atoms with E-state index in [1.54, 1.807) is 24.1 Å². The standard InChI is InChI=1S/C19H23FN2O2/c1-14-4-10-18(11-5-14)24-13-12-21-19(23)22(3)15(2)16-6-8-17(20)9-7-16/h4-11,15H,12-13H2,1-3H3,(H,21,23)/t15-/m1/s1. The SMILES string of the molecule is Cc1ccc(OCCNC(=O)N(C)[C@H](C)c2ccc(F)cc2)cc1. The second-order valence-electron chi connectivity index (χ2n) is 5.73. The maximum atomic E-state index is 13.0. The number of nitrogens with zero attached hydrogens (tertiary/aromatic N) is 1. The summed E-state index contributed by atoms with van der Waals surface area (Å²) < 4.78 is 18.5. The molecule has 0 aromatic heterocycles. The van der Waals surface area contributed by atoms with Crippen LogP contribution in [0.5, 0.6) is 5.75 Å². The highest BCUT2D eigenvalue weighted by Gasteiger charge is 2.16. The van der Waals surface area contributed by atoms with Crippen LogP contribution in [-0.2, 0) is 0 Å². The Hall–Kier alpha value is -2.56. The van der Waals surface area contributed by atoms with E-state index in [1.807, 2.05) is 38.1 Å². The van der Waals surface area contributed by atoms with Crippen LogP contribution >= 0.6 is 0 Å². The summed E-state index contributed by atoms with van der Waals surface area (Å²) in [7, 11) is 1.71. The van der Waals surface area contributed by atoms with Crippen LogP contribution in [0.3, 0.4) is 0 Å². The van der Waals surface area contributed by atoms with Gasteiger partial charge in [0, 0.05) is 7.05 Å². The van der Waals surface area contributed by atoms with Gasteiger partial charge in [-0.15, -0.1) is 0 Å². The Kier molecular flexibility index (Phi) is 6.18. The maximum Gasteiger partial charge on any atom is 0.317 e. The van der Waals surface area contributed by atoms with Crippen LogP contribution in [0, 0.1) is 12.7 Å². The average Bonchev–Trinajstić information content (AvgIpc) is 2.59. The van der Waals surface area contributed by atoms with Crippen molar-refractivity contribution in [3.63, 3.8) is 0 Å². The third-order valence-electron chi connectivity index (χ3n) is 3.92. The molecule has 4 nitrogen and oxygen atoms in total. The molecular weight excluding hydrogens is 307 g/mol. The van der Waals surface area contributed by atoms with Gasteiger partial charge in [-0.25, -0.2) is 9.18 Å². The zero-order valence-corrected chi connectivity index (χ0v) is 14.3. The molecule has 2 aromatic carbocycles. The van der Waals surface area contributed by atoms with Gasteiger partial charge < -0.3 is 15.0 Å². The largest absolute Gasteiger partial charge is 0.492 e. The van der Waals surface area contributed by atoms with E-state index in [0.717, 1.165) is 11.3 Å². The molecule has 0 radical (unpaired) electrons. The van der Waals surface area contributed by atoms with Gasteiger partial charge in [0.25, 0.3) is 0 Å². The number of aryl methyl sites for hydroxylation is 1. The molecule has 0 heterocycles. The lowest BCUT2D eigenvalue weighted by atomic mass is 10.1. The smallest absolute Gasteiger partial charge is 0.317 e. The quantitative estimate of drug-likeness (QED) is 0.816. The lowest BCUT2D eigenvalue weighted by Gasteiger charge is -2.25. The summed E-state index contributed by atoms with van der Waals surface area (Å²) in [6, 6.07) is 13.6. The molecule has 1 atom stereocenters. The van der Waals surface area contributed by atoms with Crippen LogP contribution in [-0.4, -0.2) is 31.1 Å². The second-order valence-corrected chi connectivity index (χ2v) is 5.73. The Morgan fingerprint density at radius 2 is 1.79 bits per heavy atom. The number of carbonyl (C=O) groups excluding carboxylic acids is 1. The molecule has 24 heavy (non-hydrogen) atoms. The van der Waals surface area contributed by atoms with E-state index in [0.29, 0.717) is 13.2 Å². The number of nitrogens with one attached hydrogen (secondary N) is 1. The maximum absolute atomic E-state index is 13.0. The number of carbonyl (C=O) groups is 1. The number of hydrogen-bond donors (Lipinski definition) is 1. The monoisotopic (exact) mass is 330 g/mol. The van der Waals surface area contributed by atoms with Gasteiger partial charge in [0.1, 0.15) is 18.2 Å². The highest BCUT2D eigenvalue weighted by Crippen LogP contribution is 2.18. The van der Waals surface area contributed by atoms with Gasteiger partial charge in [0.2, 0.25) is 0 Å². The van der Waals surface area contributed by atoms with Crippen molar-refractivity contribution in [3.8, 4) is 5.75 Å². The molecule has 0 saturated heterocycles. The first-order valence-corrected chi connectivity index (χ1v) is 7.93. The molecule has 0 bridgehead atoms. The number of amides is 2. The lowest BCUT2D eigenvalue weighted by Crippen LogP contribution is -2.40. The fraction of sp³-hybridized carbons (Fsp3) is 0.316. The van der Waals surface area contributed by atoms with E-state index in [-0.39, 0.29) is 17.9 Å². The number of halogens is 1. The van der Waals surface area contributed by atoms with E-state index in [1.165, 1.54) is 17.7 Å². The van der Waals surface area contributed by atoms with Crippen LogP contribution in [0.25, 0.3) is 0 Å². The Labute approximate surface area is 142 Å². The minimum Gasteiger partial charge on any atom is -0.492 e. The van der Waals surface area contributed by atoms with Crippen LogP contribution < -0.4 is 10.1 Å². The normalized spacial score (nSPS) is 11.7. The Morgan fingerprint density at radius 3 is 2.42 bits per heavy atom. The summed E-state index contributed by atoms with van der Waals surface area (Å²) in [4.78, 5) is 13.7. The molecule has 0 aliphatic carbocycles. The van der Waals surface area contributed by atoms with Gasteiger partial charge in [-0.3, -0.25) is 0 Å². The number of urea groups is 1. The Morgan fingerprint density at radius 1 is 1.17 bits per heavy atom. The van der Waals surface area contributed by atoms with Crippen molar-refractivity contribution in [3.05, 3.63) is 65.5 Å². The average molecular weight is 330 g/mol. The van der Waals surface area contributed by atoms with Crippen molar-refractivity contribution >= 4 is 6.03 Å². The van der Waals surface area contributed by atoms with Crippen molar-refractivity contribution in [2.24, 2.45) is 0 Å². The van der Waals surface area contributed by atoms with Crippen LogP contribution in [0.2, 0.25) is 0 Å². The molecule has 0 aliphatic heterocycles. The molecule has 0 unspecified atom stereocenters. The van der Waals surface area contributed by atoms with Crippen molar-refractivity contribution in [2.75, 3.05) is 20.2 Å². The van der Waals surface area contributed by atoms with Gasteiger partial charge >= 0.3 is 6.03 Å². The Bertz CT molecular complexity index is 656. The summed E-state index contributed by atoms with van der Waals surface area (Å²) in [5.41, 5.74) is 2.05. The summed E-state index contributed by atoms with van der Waals surface area (Å²) in [6.07, 6.45) is 0. The van der Waals surface area contributed by atoms with Gasteiger partial charge in [-0.05, 0) is 43.7 Å². The fourth-order valence-electron chi connectivity index (χ4n) is 2.23. The van der Waals surface area contributed by atoms with Gasteiger partial charge in [-0.2, -0.15) is 0 Å². The molecule has 128 valence electrons. The molecular formula is C19H23FN2O2. The van der Waals surface area contributed by atoms with Crippen molar-refractivity contribution in [2.45, 2.75) is 19.9 Å². The molecule has 1 N–H and O–H groups in total. The predicted octanol–water partition coefficient (Wildman–Crippen LogP) is 3.92. The molecule has 0 fully saturated rings. The third kappa shape index (κ3) is 4.98. The first-order valence-electron chi connectivity index (χ1n) is 7.93. The van der Waals surface area contributed by atoms with Crippen molar-refractivity contribution < 1.29 is 13.9 Å². The molecule has 0 saturated carbocycles. The topological polar surface area (TPSA) is 41.6 Å². The van der Waals surface area contributed by atoms with Crippen molar-refractivity contribution in [1.29, 1.82) is 0 Å². The third-order valence-corrected chi connectivity index (χ3v) is 3.92. The molecule has 2 amide bonds. The van der Waals surface area contributed by atoms with E-state index >= 15 is 0 Å². The zero-order valence-electron chi connectivity index (χ0n) is 14.3. The van der Waals surface area contributed by atoms with Gasteiger partial charge in [-0.1, -0.05) is 29.8 Å². The zero-order chi connectivity index (χ0) is 17.5. The summed E-state index contributed by atoms with van der Waals surface area (Å²) in [5.74, 6) is 0.495. The van der Waals surface area contributed by atoms with E-state index in [2.05, 4.69) is 5.32 Å².